The lowest BCUT2D eigenvalue weighted by Gasteiger charge is -2.23. The second kappa shape index (κ2) is 38.3. The van der Waals surface area contributed by atoms with Gasteiger partial charge in [0, 0.05) is 13.1 Å². The van der Waals surface area contributed by atoms with Gasteiger partial charge in [0.1, 0.15) is 6.61 Å². The SMILES string of the molecule is CCCCCCCCCCCCCCCCCCN(CCCCCCCCCCCCCCCCCC)C(=O)CNC(=O)CON. The summed E-state index contributed by atoms with van der Waals surface area (Å²) in [6, 6.07) is 0. The van der Waals surface area contributed by atoms with Gasteiger partial charge in [-0.3, -0.25) is 14.4 Å². The summed E-state index contributed by atoms with van der Waals surface area (Å²) >= 11 is 0. The predicted octanol–water partition coefficient (Wildman–Crippen LogP) is 11.3. The van der Waals surface area contributed by atoms with E-state index in [0.29, 0.717) is 0 Å². The number of carbonyl (C=O) groups is 2. The molecule has 274 valence electrons. The zero-order valence-electron chi connectivity index (χ0n) is 31.2. The van der Waals surface area contributed by atoms with E-state index in [1.165, 1.54) is 193 Å². The molecule has 0 spiro atoms. The van der Waals surface area contributed by atoms with Gasteiger partial charge in [-0.25, -0.2) is 5.90 Å². The fourth-order valence-electron chi connectivity index (χ4n) is 6.48. The Hall–Kier alpha value is -1.14. The maximum Gasteiger partial charge on any atom is 0.248 e. The molecular formula is C40H81N3O3. The van der Waals surface area contributed by atoms with Crippen molar-refractivity contribution in [1.29, 1.82) is 0 Å². The van der Waals surface area contributed by atoms with Gasteiger partial charge in [0.2, 0.25) is 11.8 Å². The molecule has 0 bridgehead atoms. The van der Waals surface area contributed by atoms with Crippen LogP contribution in [0.4, 0.5) is 0 Å². The zero-order valence-corrected chi connectivity index (χ0v) is 31.2. The third kappa shape index (κ3) is 34.2. The summed E-state index contributed by atoms with van der Waals surface area (Å²) in [7, 11) is 0. The average Bonchev–Trinajstić information content (AvgIpc) is 3.06. The molecule has 0 aliphatic heterocycles. The molecule has 6 nitrogen and oxygen atoms in total. The minimum Gasteiger partial charge on any atom is -0.345 e. The van der Waals surface area contributed by atoms with E-state index in [4.69, 9.17) is 5.90 Å². The van der Waals surface area contributed by atoms with Gasteiger partial charge in [0.05, 0.1) is 6.54 Å². The Balaban J connectivity index is 3.90. The Labute approximate surface area is 287 Å². The second-order valence-corrected chi connectivity index (χ2v) is 14.1. The van der Waals surface area contributed by atoms with Gasteiger partial charge in [-0.1, -0.05) is 206 Å². The van der Waals surface area contributed by atoms with Gasteiger partial charge >= 0.3 is 0 Å². The molecule has 0 unspecified atom stereocenters. The molecule has 0 aromatic carbocycles. The molecule has 0 saturated heterocycles. The highest BCUT2D eigenvalue weighted by Crippen LogP contribution is 2.16. The second-order valence-electron chi connectivity index (χ2n) is 14.1. The topological polar surface area (TPSA) is 84.7 Å². The fraction of sp³-hybridized carbons (Fsp3) is 0.950. The number of unbranched alkanes of at least 4 members (excludes halogenated alkanes) is 30. The minimum absolute atomic E-state index is 0.00675. The van der Waals surface area contributed by atoms with Gasteiger partial charge in [-0.05, 0) is 12.8 Å². The molecule has 0 rings (SSSR count). The summed E-state index contributed by atoms with van der Waals surface area (Å²) in [5, 5.41) is 2.64. The number of hydrogen-bond acceptors (Lipinski definition) is 4. The quantitative estimate of drug-likeness (QED) is 0.0514. The van der Waals surface area contributed by atoms with Crippen LogP contribution in [0.15, 0.2) is 0 Å². The number of nitrogens with zero attached hydrogens (tertiary/aromatic N) is 1. The van der Waals surface area contributed by atoms with E-state index in [2.05, 4.69) is 24.0 Å². The van der Waals surface area contributed by atoms with Crippen LogP contribution in [-0.4, -0.2) is 43.0 Å². The summed E-state index contributed by atoms with van der Waals surface area (Å²) in [4.78, 5) is 30.9. The van der Waals surface area contributed by atoms with Crippen molar-refractivity contribution < 1.29 is 14.4 Å². The van der Waals surface area contributed by atoms with Crippen molar-refractivity contribution in [3.8, 4) is 0 Å². The van der Waals surface area contributed by atoms with E-state index in [0.717, 1.165) is 25.9 Å². The highest BCUT2D eigenvalue weighted by atomic mass is 16.6. The van der Waals surface area contributed by atoms with Gasteiger partial charge in [0.15, 0.2) is 0 Å². The molecule has 0 radical (unpaired) electrons. The molecule has 0 saturated carbocycles. The number of rotatable bonds is 38. The van der Waals surface area contributed by atoms with E-state index < -0.39 is 0 Å². The van der Waals surface area contributed by atoms with Crippen molar-refractivity contribution in [2.45, 2.75) is 219 Å². The first-order valence-corrected chi connectivity index (χ1v) is 20.5. The summed E-state index contributed by atoms with van der Waals surface area (Å²) in [6.07, 6.45) is 43.1. The summed E-state index contributed by atoms with van der Waals surface area (Å²) in [5.41, 5.74) is 0. The molecule has 0 aromatic rings. The predicted molar refractivity (Wildman–Crippen MR) is 199 cm³/mol. The third-order valence-corrected chi connectivity index (χ3v) is 9.57. The molecule has 0 heterocycles. The van der Waals surface area contributed by atoms with Crippen LogP contribution in [0.25, 0.3) is 0 Å². The first-order valence-electron chi connectivity index (χ1n) is 20.5. The van der Waals surface area contributed by atoms with E-state index >= 15 is 0 Å². The lowest BCUT2D eigenvalue weighted by Crippen LogP contribution is -2.42. The van der Waals surface area contributed by atoms with Crippen LogP contribution in [0.5, 0.6) is 0 Å². The van der Waals surface area contributed by atoms with E-state index in [-0.39, 0.29) is 25.0 Å². The Bertz CT molecular complexity index is 595. The maximum atomic E-state index is 12.9. The van der Waals surface area contributed by atoms with Crippen molar-refractivity contribution >= 4 is 11.8 Å². The average molecular weight is 652 g/mol. The number of carbonyl (C=O) groups excluding carboxylic acids is 2. The van der Waals surface area contributed by atoms with Crippen LogP contribution in [0.2, 0.25) is 0 Å². The smallest absolute Gasteiger partial charge is 0.248 e. The standard InChI is InChI=1S/C40H81N3O3/c1-3-5-7-9-11-13-15-17-19-21-23-25-27-29-31-33-35-43(40(45)37-42-39(44)38-46-41)36-34-32-30-28-26-24-22-20-18-16-14-12-10-8-6-4-2/h3-38,41H2,1-2H3,(H,42,44). The Morgan fingerprint density at radius 2 is 0.717 bits per heavy atom. The van der Waals surface area contributed by atoms with Crippen molar-refractivity contribution in [2.24, 2.45) is 5.90 Å². The van der Waals surface area contributed by atoms with Crippen LogP contribution in [0.3, 0.4) is 0 Å². The maximum absolute atomic E-state index is 12.9. The fourth-order valence-corrected chi connectivity index (χ4v) is 6.48. The monoisotopic (exact) mass is 652 g/mol. The lowest BCUT2D eigenvalue weighted by atomic mass is 10.0. The largest absolute Gasteiger partial charge is 0.345 e. The van der Waals surface area contributed by atoms with Gasteiger partial charge in [-0.2, -0.15) is 0 Å². The highest BCUT2D eigenvalue weighted by Gasteiger charge is 2.14. The molecule has 3 N–H and O–H groups in total. The van der Waals surface area contributed by atoms with Gasteiger partial charge in [-0.15, -0.1) is 0 Å². The zero-order chi connectivity index (χ0) is 33.6. The molecule has 6 heteroatoms. The molecule has 0 aliphatic carbocycles. The molecule has 46 heavy (non-hydrogen) atoms. The Morgan fingerprint density at radius 3 is 0.978 bits per heavy atom. The molecule has 0 fully saturated rings. The highest BCUT2D eigenvalue weighted by molar-refractivity contribution is 5.85. The number of nitrogens with two attached hydrogens (primary N) is 1. The van der Waals surface area contributed by atoms with Crippen LogP contribution >= 0.6 is 0 Å². The van der Waals surface area contributed by atoms with E-state index in [9.17, 15) is 9.59 Å². The van der Waals surface area contributed by atoms with Gasteiger partial charge in [0.25, 0.3) is 0 Å². The number of amides is 2. The van der Waals surface area contributed by atoms with Crippen LogP contribution < -0.4 is 11.2 Å². The first-order chi connectivity index (χ1) is 22.7. The number of hydrogen-bond donors (Lipinski definition) is 2. The molecule has 0 atom stereocenters. The third-order valence-electron chi connectivity index (χ3n) is 9.57. The molecular weight excluding hydrogens is 570 g/mol. The van der Waals surface area contributed by atoms with E-state index in [1.807, 2.05) is 4.90 Å². The molecule has 0 aromatic heterocycles. The minimum atomic E-state index is -0.347. The van der Waals surface area contributed by atoms with Crippen molar-refractivity contribution in [3.63, 3.8) is 0 Å². The molecule has 0 aliphatic rings. The Morgan fingerprint density at radius 1 is 0.457 bits per heavy atom. The first kappa shape index (κ1) is 44.9. The lowest BCUT2D eigenvalue weighted by molar-refractivity contribution is -0.134. The molecule has 2 amide bonds. The van der Waals surface area contributed by atoms with Crippen molar-refractivity contribution in [3.05, 3.63) is 0 Å². The van der Waals surface area contributed by atoms with Gasteiger partial charge < -0.3 is 10.2 Å². The van der Waals surface area contributed by atoms with Crippen molar-refractivity contribution in [2.75, 3.05) is 26.2 Å². The van der Waals surface area contributed by atoms with Crippen LogP contribution in [0.1, 0.15) is 219 Å². The normalized spacial score (nSPS) is 11.3. The Kier molecular flexibility index (Phi) is 37.4. The van der Waals surface area contributed by atoms with Crippen LogP contribution in [-0.2, 0) is 14.4 Å². The summed E-state index contributed by atoms with van der Waals surface area (Å²) in [5.74, 6) is 4.65. The summed E-state index contributed by atoms with van der Waals surface area (Å²) in [6.45, 7) is 5.96. The van der Waals surface area contributed by atoms with E-state index in [1.54, 1.807) is 0 Å². The van der Waals surface area contributed by atoms with Crippen molar-refractivity contribution in [1.82, 2.24) is 10.2 Å². The summed E-state index contributed by atoms with van der Waals surface area (Å²) < 4.78 is 0. The number of nitrogens with one attached hydrogen (secondary N) is 1. The van der Waals surface area contributed by atoms with Crippen LogP contribution in [0, 0.1) is 0 Å².